The fourth-order valence-corrected chi connectivity index (χ4v) is 4.31. The van der Waals surface area contributed by atoms with Crippen molar-refractivity contribution >= 4 is 35.7 Å². The SMILES string of the molecule is C=O.CN1CCC(C(=O)c2cc(N)cc(C(F)(F)F)c2)CC1.Nc1ccc(Oc2ccnc(NC(=O)C3CC3)c2)c(F)c1. The summed E-state index contributed by atoms with van der Waals surface area (Å²) in [7, 11) is 1.96. The van der Waals surface area contributed by atoms with Crippen LogP contribution >= 0.6 is 0 Å². The van der Waals surface area contributed by atoms with Gasteiger partial charge in [-0.1, -0.05) is 0 Å². The predicted molar refractivity (Wildman–Crippen MR) is 154 cm³/mol. The van der Waals surface area contributed by atoms with Gasteiger partial charge in [-0.25, -0.2) is 9.37 Å². The summed E-state index contributed by atoms with van der Waals surface area (Å²) in [5.41, 5.74) is 10.5. The molecule has 0 spiro atoms. The third-order valence-corrected chi connectivity index (χ3v) is 6.77. The molecule has 5 N–H and O–H groups in total. The van der Waals surface area contributed by atoms with Gasteiger partial charge in [0.2, 0.25) is 5.91 Å². The van der Waals surface area contributed by atoms with E-state index in [1.165, 1.54) is 24.4 Å². The van der Waals surface area contributed by atoms with Crippen LogP contribution in [0.2, 0.25) is 0 Å². The van der Waals surface area contributed by atoms with E-state index in [0.29, 0.717) is 30.1 Å². The highest BCUT2D eigenvalue weighted by molar-refractivity contribution is 5.99. The Balaban J connectivity index is 0.000000223. The zero-order valence-electron chi connectivity index (χ0n) is 23.5. The highest BCUT2D eigenvalue weighted by atomic mass is 19.4. The summed E-state index contributed by atoms with van der Waals surface area (Å²) in [6, 6.07) is 10.4. The maximum absolute atomic E-state index is 13.7. The molecule has 1 saturated heterocycles. The molecule has 5 rings (SSSR count). The lowest BCUT2D eigenvalue weighted by atomic mass is 9.88. The van der Waals surface area contributed by atoms with Gasteiger partial charge in [-0.05, 0) is 82.2 Å². The molecule has 1 saturated carbocycles. The molecular weight excluding hydrogens is 570 g/mol. The number of piperidine rings is 1. The minimum atomic E-state index is -4.49. The fourth-order valence-electron chi connectivity index (χ4n) is 4.31. The van der Waals surface area contributed by atoms with Crippen molar-refractivity contribution in [1.29, 1.82) is 0 Å². The number of anilines is 3. The van der Waals surface area contributed by atoms with Gasteiger partial charge in [0.05, 0.1) is 5.56 Å². The summed E-state index contributed by atoms with van der Waals surface area (Å²) >= 11 is 0. The number of amides is 1. The van der Waals surface area contributed by atoms with Crippen molar-refractivity contribution in [2.45, 2.75) is 31.9 Å². The number of halogens is 4. The predicted octanol–water partition coefficient (Wildman–Crippen LogP) is 5.57. The van der Waals surface area contributed by atoms with Crippen LogP contribution in [0.25, 0.3) is 0 Å². The van der Waals surface area contributed by atoms with E-state index in [1.54, 1.807) is 18.2 Å². The molecule has 1 aliphatic heterocycles. The molecular formula is C30H33F4N5O4. The molecule has 0 radical (unpaired) electrons. The van der Waals surface area contributed by atoms with E-state index < -0.39 is 17.6 Å². The Morgan fingerprint density at radius 1 is 0.953 bits per heavy atom. The number of rotatable bonds is 6. The van der Waals surface area contributed by atoms with E-state index in [9.17, 15) is 27.2 Å². The second kappa shape index (κ2) is 14.6. The molecule has 0 bridgehead atoms. The molecule has 2 fully saturated rings. The second-order valence-corrected chi connectivity index (χ2v) is 10.2. The normalized spacial score (nSPS) is 15.3. The summed E-state index contributed by atoms with van der Waals surface area (Å²) in [6.45, 7) is 3.57. The molecule has 2 aliphatic rings. The van der Waals surface area contributed by atoms with E-state index in [2.05, 4.69) is 15.2 Å². The van der Waals surface area contributed by atoms with Crippen LogP contribution in [0, 0.1) is 17.7 Å². The number of nitrogens with one attached hydrogen (secondary N) is 1. The summed E-state index contributed by atoms with van der Waals surface area (Å²) in [5, 5.41) is 2.71. The summed E-state index contributed by atoms with van der Waals surface area (Å²) in [4.78, 5) is 38.1. The highest BCUT2D eigenvalue weighted by Gasteiger charge is 2.33. The molecule has 1 aliphatic carbocycles. The lowest BCUT2D eigenvalue weighted by Gasteiger charge is -2.28. The van der Waals surface area contributed by atoms with Crippen molar-refractivity contribution < 1.29 is 36.7 Å². The molecule has 43 heavy (non-hydrogen) atoms. The number of pyridine rings is 1. The van der Waals surface area contributed by atoms with Crippen LogP contribution < -0.4 is 21.5 Å². The fraction of sp³-hybridized carbons (Fsp3) is 0.333. The van der Waals surface area contributed by atoms with E-state index in [-0.39, 0.29) is 40.5 Å². The van der Waals surface area contributed by atoms with Crippen molar-refractivity contribution in [2.75, 3.05) is 36.9 Å². The Morgan fingerprint density at radius 2 is 1.63 bits per heavy atom. The zero-order chi connectivity index (χ0) is 31.7. The Morgan fingerprint density at radius 3 is 2.23 bits per heavy atom. The first kappa shape index (κ1) is 33.0. The molecule has 0 unspecified atom stereocenters. The number of carbonyl (C=O) groups excluding carboxylic acids is 3. The number of nitrogen functional groups attached to an aromatic ring is 2. The molecule has 230 valence electrons. The number of nitrogens with zero attached hydrogens (tertiary/aromatic N) is 2. The molecule has 3 aromatic rings. The monoisotopic (exact) mass is 603 g/mol. The molecule has 2 aromatic carbocycles. The first-order chi connectivity index (χ1) is 20.4. The minimum Gasteiger partial charge on any atom is -0.454 e. The maximum Gasteiger partial charge on any atom is 0.416 e. The van der Waals surface area contributed by atoms with Crippen LogP contribution in [0.1, 0.15) is 41.6 Å². The van der Waals surface area contributed by atoms with Crippen molar-refractivity contribution in [2.24, 2.45) is 11.8 Å². The van der Waals surface area contributed by atoms with Gasteiger partial charge in [0.25, 0.3) is 0 Å². The zero-order valence-corrected chi connectivity index (χ0v) is 23.5. The number of alkyl halides is 3. The standard InChI is InChI=1S/C15H14FN3O2.C14H17F3N2O.CH2O/c16-12-7-10(17)3-4-13(12)21-11-5-6-18-14(8-11)19-15(20)9-1-2-9;1-19-4-2-9(3-5-19)13(20)10-6-11(14(15,16)17)8-12(18)7-10;1-2/h3-9H,1-2,17H2,(H,18,19,20);6-9H,2-5,18H2,1H3;1H2. The number of hydrogen-bond donors (Lipinski definition) is 3. The number of hydrogen-bond acceptors (Lipinski definition) is 8. The molecule has 1 aromatic heterocycles. The molecule has 1 amide bonds. The summed E-state index contributed by atoms with van der Waals surface area (Å²) in [6.07, 6.45) is 0.179. The van der Waals surface area contributed by atoms with Crippen molar-refractivity contribution in [3.8, 4) is 11.5 Å². The molecule has 2 heterocycles. The number of likely N-dealkylation sites (tertiary alicyclic amines) is 1. The van der Waals surface area contributed by atoms with Gasteiger partial charge < -0.3 is 31.2 Å². The number of Topliss-reactive ketones (excluding diaryl/α,β-unsaturated/α-hetero) is 1. The highest BCUT2D eigenvalue weighted by Crippen LogP contribution is 2.33. The van der Waals surface area contributed by atoms with E-state index in [1.807, 2.05) is 13.8 Å². The van der Waals surface area contributed by atoms with E-state index in [0.717, 1.165) is 38.1 Å². The maximum atomic E-state index is 13.7. The van der Waals surface area contributed by atoms with Crippen molar-refractivity contribution in [1.82, 2.24) is 9.88 Å². The lowest BCUT2D eigenvalue weighted by molar-refractivity contribution is -0.137. The lowest BCUT2D eigenvalue weighted by Crippen LogP contribution is -2.33. The van der Waals surface area contributed by atoms with Crippen LogP contribution in [-0.4, -0.2) is 48.5 Å². The number of carbonyl (C=O) groups is 3. The topological polar surface area (TPSA) is 141 Å². The number of benzene rings is 2. The average molecular weight is 604 g/mol. The number of ketones is 1. The quantitative estimate of drug-likeness (QED) is 0.189. The largest absolute Gasteiger partial charge is 0.454 e. The Kier molecular flexibility index (Phi) is 11.2. The number of aromatic nitrogens is 1. The number of ether oxygens (including phenoxy) is 1. The van der Waals surface area contributed by atoms with Gasteiger partial charge in [0.1, 0.15) is 18.4 Å². The van der Waals surface area contributed by atoms with Gasteiger partial charge in [-0.15, -0.1) is 0 Å². The molecule has 0 atom stereocenters. The summed E-state index contributed by atoms with van der Waals surface area (Å²) in [5.74, 6) is -0.112. The first-order valence-corrected chi connectivity index (χ1v) is 13.4. The third kappa shape index (κ3) is 9.77. The Bertz CT molecular complexity index is 1420. The van der Waals surface area contributed by atoms with Crippen LogP contribution in [0.3, 0.4) is 0 Å². The van der Waals surface area contributed by atoms with Gasteiger partial charge in [0, 0.05) is 47.1 Å². The van der Waals surface area contributed by atoms with E-state index in [4.69, 9.17) is 21.0 Å². The van der Waals surface area contributed by atoms with Gasteiger partial charge in [-0.2, -0.15) is 13.2 Å². The smallest absolute Gasteiger partial charge is 0.416 e. The van der Waals surface area contributed by atoms with Crippen LogP contribution in [0.15, 0.2) is 54.7 Å². The summed E-state index contributed by atoms with van der Waals surface area (Å²) < 4.78 is 57.3. The third-order valence-electron chi connectivity index (χ3n) is 6.77. The minimum absolute atomic E-state index is 0.0314. The van der Waals surface area contributed by atoms with Gasteiger partial charge >= 0.3 is 6.18 Å². The number of nitrogens with two attached hydrogens (primary N) is 2. The Hall–Kier alpha value is -4.52. The van der Waals surface area contributed by atoms with Crippen LogP contribution in [0.5, 0.6) is 11.5 Å². The average Bonchev–Trinajstić information content (AvgIpc) is 3.82. The van der Waals surface area contributed by atoms with Gasteiger partial charge in [-0.3, -0.25) is 9.59 Å². The van der Waals surface area contributed by atoms with Crippen LogP contribution in [-0.2, 0) is 15.8 Å². The molecule has 13 heteroatoms. The van der Waals surface area contributed by atoms with E-state index >= 15 is 0 Å². The van der Waals surface area contributed by atoms with Crippen LogP contribution in [0.4, 0.5) is 34.8 Å². The second-order valence-electron chi connectivity index (χ2n) is 10.2. The van der Waals surface area contributed by atoms with Crippen molar-refractivity contribution in [3.63, 3.8) is 0 Å². The Labute approximate surface area is 246 Å². The van der Waals surface area contributed by atoms with Gasteiger partial charge in [0.15, 0.2) is 17.3 Å². The van der Waals surface area contributed by atoms with Crippen molar-refractivity contribution in [3.05, 3.63) is 71.7 Å². The first-order valence-electron chi connectivity index (χ1n) is 13.4. The molecule has 9 nitrogen and oxygen atoms in total.